The highest BCUT2D eigenvalue weighted by Crippen LogP contribution is 2.42. The van der Waals surface area contributed by atoms with Gasteiger partial charge in [0.25, 0.3) is 0 Å². The number of aliphatic hydroxyl groups excluding tert-OH is 1. The van der Waals surface area contributed by atoms with Crippen LogP contribution < -0.4 is 5.73 Å². The van der Waals surface area contributed by atoms with Gasteiger partial charge in [-0.2, -0.15) is 0 Å². The molecule has 1 aromatic rings. The number of nitrogens with zero attached hydrogens (tertiary/aromatic N) is 1. The number of benzene rings is 1. The largest absolute Gasteiger partial charge is 0.393 e. The van der Waals surface area contributed by atoms with Gasteiger partial charge in [0.1, 0.15) is 5.82 Å². The standard InChI is InChI=1S/C17H25FN2O/c1-2-16(19)17(11-3-5-12(18)6-4-11)20-13-7-8-14(20)10-15(21)9-13/h3-6,13-17,21H,2,7-10,19H2,1H3. The van der Waals surface area contributed by atoms with Crippen molar-refractivity contribution in [3.63, 3.8) is 0 Å². The van der Waals surface area contributed by atoms with E-state index in [0.717, 1.165) is 37.7 Å². The first-order valence-corrected chi connectivity index (χ1v) is 8.06. The molecule has 3 nitrogen and oxygen atoms in total. The van der Waals surface area contributed by atoms with Gasteiger partial charge in [0.15, 0.2) is 0 Å². The molecule has 2 fully saturated rings. The van der Waals surface area contributed by atoms with Gasteiger partial charge in [0.2, 0.25) is 0 Å². The summed E-state index contributed by atoms with van der Waals surface area (Å²) in [5.41, 5.74) is 7.50. The van der Waals surface area contributed by atoms with Crippen LogP contribution in [0.25, 0.3) is 0 Å². The van der Waals surface area contributed by atoms with Gasteiger partial charge in [-0.3, -0.25) is 4.90 Å². The number of hydrogen-bond acceptors (Lipinski definition) is 3. The average molecular weight is 292 g/mol. The molecule has 3 rings (SSSR count). The molecule has 2 aliphatic rings. The maximum atomic E-state index is 13.2. The molecule has 0 aromatic heterocycles. The summed E-state index contributed by atoms with van der Waals surface area (Å²) >= 11 is 0. The molecule has 0 spiro atoms. The van der Waals surface area contributed by atoms with Crippen LogP contribution in [0.2, 0.25) is 0 Å². The van der Waals surface area contributed by atoms with E-state index in [2.05, 4.69) is 11.8 Å². The average Bonchev–Trinajstić information content (AvgIpc) is 2.73. The van der Waals surface area contributed by atoms with E-state index in [0.29, 0.717) is 12.1 Å². The Labute approximate surface area is 125 Å². The zero-order valence-electron chi connectivity index (χ0n) is 12.6. The third-order valence-electron chi connectivity index (χ3n) is 5.17. The number of hydrogen-bond donors (Lipinski definition) is 2. The van der Waals surface area contributed by atoms with Crippen molar-refractivity contribution < 1.29 is 9.50 Å². The molecule has 2 heterocycles. The van der Waals surface area contributed by atoms with Crippen LogP contribution in [0.3, 0.4) is 0 Å². The molecule has 4 unspecified atom stereocenters. The summed E-state index contributed by atoms with van der Waals surface area (Å²) in [6.07, 6.45) is 4.66. The Kier molecular flexibility index (Phi) is 4.29. The van der Waals surface area contributed by atoms with Gasteiger partial charge in [0.05, 0.1) is 12.1 Å². The zero-order chi connectivity index (χ0) is 15.0. The fraction of sp³-hybridized carbons (Fsp3) is 0.647. The normalized spacial score (nSPS) is 32.1. The minimum Gasteiger partial charge on any atom is -0.393 e. The number of nitrogens with two attached hydrogens (primary N) is 1. The molecule has 0 amide bonds. The molecule has 2 bridgehead atoms. The van der Waals surface area contributed by atoms with Gasteiger partial charge in [-0.1, -0.05) is 19.1 Å². The summed E-state index contributed by atoms with van der Waals surface area (Å²) in [6.45, 7) is 2.10. The van der Waals surface area contributed by atoms with E-state index in [1.807, 2.05) is 12.1 Å². The molecule has 2 saturated heterocycles. The topological polar surface area (TPSA) is 49.5 Å². The van der Waals surface area contributed by atoms with E-state index in [-0.39, 0.29) is 24.0 Å². The molecule has 0 radical (unpaired) electrons. The van der Waals surface area contributed by atoms with Gasteiger partial charge < -0.3 is 10.8 Å². The number of aliphatic hydroxyl groups is 1. The number of rotatable bonds is 4. The minimum absolute atomic E-state index is 0.0359. The Balaban J connectivity index is 1.91. The van der Waals surface area contributed by atoms with Crippen molar-refractivity contribution in [2.45, 2.75) is 69.3 Å². The minimum atomic E-state index is -0.209. The Bertz CT molecular complexity index is 464. The second kappa shape index (κ2) is 6.03. The van der Waals surface area contributed by atoms with Crippen molar-refractivity contribution in [3.8, 4) is 0 Å². The zero-order valence-corrected chi connectivity index (χ0v) is 12.6. The predicted molar refractivity (Wildman–Crippen MR) is 81.3 cm³/mol. The molecule has 0 aliphatic carbocycles. The Morgan fingerprint density at radius 3 is 2.33 bits per heavy atom. The lowest BCUT2D eigenvalue weighted by molar-refractivity contribution is 0.00230. The van der Waals surface area contributed by atoms with E-state index < -0.39 is 0 Å². The van der Waals surface area contributed by atoms with Gasteiger partial charge in [-0.05, 0) is 49.8 Å². The second-order valence-corrected chi connectivity index (χ2v) is 6.53. The van der Waals surface area contributed by atoms with Crippen LogP contribution in [0, 0.1) is 5.82 Å². The summed E-state index contributed by atoms with van der Waals surface area (Å²) < 4.78 is 13.2. The van der Waals surface area contributed by atoms with Crippen LogP contribution in [0.1, 0.15) is 50.6 Å². The molecule has 116 valence electrons. The maximum absolute atomic E-state index is 13.2. The van der Waals surface area contributed by atoms with Crippen molar-refractivity contribution in [1.29, 1.82) is 0 Å². The fourth-order valence-corrected chi connectivity index (χ4v) is 4.16. The van der Waals surface area contributed by atoms with Crippen LogP contribution in [0.5, 0.6) is 0 Å². The van der Waals surface area contributed by atoms with Crippen molar-refractivity contribution in [3.05, 3.63) is 35.6 Å². The number of halogens is 1. The highest BCUT2D eigenvalue weighted by molar-refractivity contribution is 5.23. The molecule has 1 aromatic carbocycles. The van der Waals surface area contributed by atoms with Crippen molar-refractivity contribution in [2.75, 3.05) is 0 Å². The number of piperidine rings is 1. The van der Waals surface area contributed by atoms with Crippen LogP contribution >= 0.6 is 0 Å². The van der Waals surface area contributed by atoms with E-state index in [1.54, 1.807) is 0 Å². The monoisotopic (exact) mass is 292 g/mol. The van der Waals surface area contributed by atoms with Gasteiger partial charge in [-0.25, -0.2) is 4.39 Å². The van der Waals surface area contributed by atoms with Gasteiger partial charge in [0, 0.05) is 18.1 Å². The highest BCUT2D eigenvalue weighted by Gasteiger charge is 2.45. The summed E-state index contributed by atoms with van der Waals surface area (Å²) in [7, 11) is 0. The molecule has 2 aliphatic heterocycles. The lowest BCUT2D eigenvalue weighted by Gasteiger charge is -2.44. The quantitative estimate of drug-likeness (QED) is 0.897. The first-order chi connectivity index (χ1) is 10.1. The van der Waals surface area contributed by atoms with Crippen LogP contribution in [-0.4, -0.2) is 34.2 Å². The predicted octanol–water partition coefficient (Wildman–Crippen LogP) is 2.59. The van der Waals surface area contributed by atoms with E-state index >= 15 is 0 Å². The lowest BCUT2D eigenvalue weighted by atomic mass is 9.90. The molecule has 3 N–H and O–H groups in total. The summed E-state index contributed by atoms with van der Waals surface area (Å²) in [6, 6.07) is 7.74. The molecular weight excluding hydrogens is 267 g/mol. The number of fused-ring (bicyclic) bond motifs is 2. The Morgan fingerprint density at radius 1 is 1.24 bits per heavy atom. The van der Waals surface area contributed by atoms with E-state index in [9.17, 15) is 9.50 Å². The first kappa shape index (κ1) is 14.9. The smallest absolute Gasteiger partial charge is 0.123 e. The summed E-state index contributed by atoms with van der Waals surface area (Å²) in [4.78, 5) is 2.51. The van der Waals surface area contributed by atoms with Gasteiger partial charge in [-0.15, -0.1) is 0 Å². The maximum Gasteiger partial charge on any atom is 0.123 e. The van der Waals surface area contributed by atoms with Crippen molar-refractivity contribution in [1.82, 2.24) is 4.90 Å². The second-order valence-electron chi connectivity index (χ2n) is 6.53. The Morgan fingerprint density at radius 2 is 1.81 bits per heavy atom. The third-order valence-corrected chi connectivity index (χ3v) is 5.17. The molecule has 0 saturated carbocycles. The third kappa shape index (κ3) is 2.85. The molecule has 4 heteroatoms. The molecular formula is C17H25FN2O. The van der Waals surface area contributed by atoms with Crippen molar-refractivity contribution >= 4 is 0 Å². The van der Waals surface area contributed by atoms with Crippen LogP contribution in [0.15, 0.2) is 24.3 Å². The van der Waals surface area contributed by atoms with Crippen LogP contribution in [0.4, 0.5) is 4.39 Å². The highest BCUT2D eigenvalue weighted by atomic mass is 19.1. The van der Waals surface area contributed by atoms with Crippen LogP contribution in [-0.2, 0) is 0 Å². The first-order valence-electron chi connectivity index (χ1n) is 8.06. The SMILES string of the molecule is CCC(N)C(c1ccc(F)cc1)N1C2CCC1CC(O)C2. The van der Waals surface area contributed by atoms with E-state index in [4.69, 9.17) is 5.73 Å². The fourth-order valence-electron chi connectivity index (χ4n) is 4.16. The van der Waals surface area contributed by atoms with Crippen molar-refractivity contribution in [2.24, 2.45) is 5.73 Å². The molecule has 4 atom stereocenters. The molecule has 21 heavy (non-hydrogen) atoms. The Hall–Kier alpha value is -0.970. The van der Waals surface area contributed by atoms with E-state index in [1.165, 1.54) is 12.1 Å². The van der Waals surface area contributed by atoms with Gasteiger partial charge >= 0.3 is 0 Å². The summed E-state index contributed by atoms with van der Waals surface area (Å²) in [5.74, 6) is -0.209. The lowest BCUT2D eigenvalue weighted by Crippen LogP contribution is -2.51. The summed E-state index contributed by atoms with van der Waals surface area (Å²) in [5, 5.41) is 9.98.